The van der Waals surface area contributed by atoms with Crippen molar-refractivity contribution in [3.8, 4) is 11.5 Å². The molecular weight excluding hydrogens is 392 g/mol. The molecule has 0 radical (unpaired) electrons. The van der Waals surface area contributed by atoms with E-state index >= 15 is 0 Å². The minimum Gasteiger partial charge on any atom is -0.493 e. The van der Waals surface area contributed by atoms with Gasteiger partial charge in [0, 0.05) is 37.4 Å². The van der Waals surface area contributed by atoms with Gasteiger partial charge in [-0.25, -0.2) is 0 Å². The summed E-state index contributed by atoms with van der Waals surface area (Å²) in [5.74, 6) is 1.06. The molecule has 0 heterocycles. The Kier molecular flexibility index (Phi) is 8.82. The summed E-state index contributed by atoms with van der Waals surface area (Å²) in [6.07, 6.45) is 0. The highest BCUT2D eigenvalue weighted by molar-refractivity contribution is 8.00. The van der Waals surface area contributed by atoms with Crippen molar-refractivity contribution in [2.75, 3.05) is 52.2 Å². The molecular formula is C21H26N2O5S. The minimum absolute atomic E-state index is 0.109. The minimum atomic E-state index is -0.180. The zero-order valence-corrected chi connectivity index (χ0v) is 17.9. The smallest absolute Gasteiger partial charge is 0.259 e. The number of hydrogen-bond donors (Lipinski definition) is 1. The van der Waals surface area contributed by atoms with Crippen molar-refractivity contribution < 1.29 is 23.8 Å². The Morgan fingerprint density at radius 2 is 1.76 bits per heavy atom. The number of anilines is 1. The number of nitrogens with zero attached hydrogens (tertiary/aromatic N) is 1. The standard InChI is InChI=1S/C21H26N2O5S/c1-23(15-9-10-17(27-3)18(13-15)28-4)21(25)16-7-5-6-8-19(16)29-14-20(24)22-11-12-26-2/h5-10,13H,11-12,14H2,1-4H3,(H,22,24). The highest BCUT2D eigenvalue weighted by Crippen LogP contribution is 2.32. The Morgan fingerprint density at radius 1 is 1.03 bits per heavy atom. The molecule has 0 unspecified atom stereocenters. The first-order valence-corrected chi connectivity index (χ1v) is 9.98. The van der Waals surface area contributed by atoms with Crippen LogP contribution in [0.15, 0.2) is 47.4 Å². The third kappa shape index (κ3) is 6.13. The normalized spacial score (nSPS) is 10.3. The molecule has 7 nitrogen and oxygen atoms in total. The molecule has 0 aliphatic heterocycles. The van der Waals surface area contributed by atoms with Crippen LogP contribution in [0.2, 0.25) is 0 Å². The van der Waals surface area contributed by atoms with Gasteiger partial charge in [-0.2, -0.15) is 0 Å². The van der Waals surface area contributed by atoms with E-state index in [0.29, 0.717) is 35.9 Å². The van der Waals surface area contributed by atoms with Crippen LogP contribution >= 0.6 is 11.8 Å². The Bertz CT molecular complexity index is 844. The second-order valence-corrected chi connectivity index (χ2v) is 7.05. The van der Waals surface area contributed by atoms with Crippen LogP contribution in [0.4, 0.5) is 5.69 Å². The van der Waals surface area contributed by atoms with Crippen molar-refractivity contribution in [3.05, 3.63) is 48.0 Å². The molecule has 29 heavy (non-hydrogen) atoms. The van der Waals surface area contributed by atoms with Crippen LogP contribution in [0.25, 0.3) is 0 Å². The van der Waals surface area contributed by atoms with Crippen LogP contribution < -0.4 is 19.7 Å². The zero-order valence-electron chi connectivity index (χ0n) is 17.1. The van der Waals surface area contributed by atoms with Gasteiger partial charge in [0.05, 0.1) is 32.1 Å². The van der Waals surface area contributed by atoms with Crippen LogP contribution in [-0.4, -0.2) is 59.1 Å². The van der Waals surface area contributed by atoms with Gasteiger partial charge in [0.15, 0.2) is 11.5 Å². The number of methoxy groups -OCH3 is 3. The molecule has 0 aromatic heterocycles. The molecule has 2 aromatic carbocycles. The molecule has 1 N–H and O–H groups in total. The molecule has 2 aromatic rings. The van der Waals surface area contributed by atoms with E-state index in [1.165, 1.54) is 11.8 Å². The topological polar surface area (TPSA) is 77.1 Å². The highest BCUT2D eigenvalue weighted by atomic mass is 32.2. The van der Waals surface area contributed by atoms with E-state index in [0.717, 1.165) is 4.90 Å². The molecule has 8 heteroatoms. The number of carbonyl (C=O) groups excluding carboxylic acids is 2. The molecule has 0 spiro atoms. The maximum Gasteiger partial charge on any atom is 0.259 e. The van der Waals surface area contributed by atoms with E-state index in [2.05, 4.69) is 5.32 Å². The van der Waals surface area contributed by atoms with Crippen molar-refractivity contribution in [3.63, 3.8) is 0 Å². The molecule has 0 saturated heterocycles. The monoisotopic (exact) mass is 418 g/mol. The van der Waals surface area contributed by atoms with Crippen molar-refractivity contribution in [1.82, 2.24) is 5.32 Å². The fraction of sp³-hybridized carbons (Fsp3) is 0.333. The van der Waals surface area contributed by atoms with Crippen LogP contribution in [-0.2, 0) is 9.53 Å². The summed E-state index contributed by atoms with van der Waals surface area (Å²) in [4.78, 5) is 27.3. The average Bonchev–Trinajstić information content (AvgIpc) is 2.76. The number of nitrogens with one attached hydrogen (secondary N) is 1. The molecule has 0 bridgehead atoms. The van der Waals surface area contributed by atoms with Crippen LogP contribution in [0.5, 0.6) is 11.5 Å². The number of rotatable bonds is 10. The zero-order chi connectivity index (χ0) is 21.2. The Balaban J connectivity index is 2.13. The number of amides is 2. The lowest BCUT2D eigenvalue weighted by Gasteiger charge is -2.20. The summed E-state index contributed by atoms with van der Waals surface area (Å²) in [6.45, 7) is 0.917. The first-order chi connectivity index (χ1) is 14.0. The SMILES string of the molecule is COCCNC(=O)CSc1ccccc1C(=O)N(C)c1ccc(OC)c(OC)c1. The number of benzene rings is 2. The third-order valence-electron chi connectivity index (χ3n) is 4.16. The van der Waals surface area contributed by atoms with E-state index in [4.69, 9.17) is 14.2 Å². The Labute approximate surface area is 175 Å². The summed E-state index contributed by atoms with van der Waals surface area (Å²) in [5, 5.41) is 2.77. The van der Waals surface area contributed by atoms with Gasteiger partial charge in [-0.3, -0.25) is 9.59 Å². The summed E-state index contributed by atoms with van der Waals surface area (Å²) in [7, 11) is 6.39. The Morgan fingerprint density at radius 3 is 2.45 bits per heavy atom. The number of thioether (sulfide) groups is 1. The van der Waals surface area contributed by atoms with Crippen molar-refractivity contribution in [1.29, 1.82) is 0 Å². The largest absolute Gasteiger partial charge is 0.493 e. The van der Waals surface area contributed by atoms with E-state index in [-0.39, 0.29) is 17.6 Å². The maximum atomic E-state index is 13.1. The second kappa shape index (κ2) is 11.3. The van der Waals surface area contributed by atoms with Gasteiger partial charge in [-0.05, 0) is 24.3 Å². The predicted octanol–water partition coefficient (Wildman–Crippen LogP) is 2.84. The first-order valence-electron chi connectivity index (χ1n) is 8.99. The van der Waals surface area contributed by atoms with Crippen LogP contribution in [0.1, 0.15) is 10.4 Å². The quantitative estimate of drug-likeness (QED) is 0.472. The van der Waals surface area contributed by atoms with Crippen LogP contribution in [0, 0.1) is 0 Å². The molecule has 0 fully saturated rings. The summed E-state index contributed by atoms with van der Waals surface area (Å²) in [5.41, 5.74) is 1.20. The molecule has 156 valence electrons. The number of carbonyl (C=O) groups is 2. The summed E-state index contributed by atoms with van der Waals surface area (Å²) < 4.78 is 15.5. The fourth-order valence-corrected chi connectivity index (χ4v) is 3.46. The lowest BCUT2D eigenvalue weighted by Crippen LogP contribution is -2.29. The van der Waals surface area contributed by atoms with E-state index in [9.17, 15) is 9.59 Å². The summed E-state index contributed by atoms with van der Waals surface area (Å²) >= 11 is 1.32. The fourth-order valence-electron chi connectivity index (χ4n) is 2.59. The van der Waals surface area contributed by atoms with Gasteiger partial charge in [0.1, 0.15) is 0 Å². The molecule has 0 saturated carbocycles. The van der Waals surface area contributed by atoms with E-state index in [1.54, 1.807) is 63.6 Å². The number of hydrogen-bond acceptors (Lipinski definition) is 6. The van der Waals surface area contributed by atoms with Crippen molar-refractivity contribution >= 4 is 29.3 Å². The van der Waals surface area contributed by atoms with Crippen LogP contribution in [0.3, 0.4) is 0 Å². The molecule has 2 rings (SSSR count). The van der Waals surface area contributed by atoms with Crippen molar-refractivity contribution in [2.24, 2.45) is 0 Å². The highest BCUT2D eigenvalue weighted by Gasteiger charge is 2.19. The van der Waals surface area contributed by atoms with E-state index < -0.39 is 0 Å². The molecule has 0 aliphatic rings. The predicted molar refractivity (Wildman–Crippen MR) is 114 cm³/mol. The van der Waals surface area contributed by atoms with Gasteiger partial charge in [-0.15, -0.1) is 11.8 Å². The van der Waals surface area contributed by atoms with Gasteiger partial charge < -0.3 is 24.4 Å². The molecule has 0 atom stereocenters. The first kappa shape index (κ1) is 22.6. The third-order valence-corrected chi connectivity index (χ3v) is 5.24. The maximum absolute atomic E-state index is 13.1. The molecule has 2 amide bonds. The Hall–Kier alpha value is -2.71. The second-order valence-electron chi connectivity index (χ2n) is 6.03. The van der Waals surface area contributed by atoms with Gasteiger partial charge >= 0.3 is 0 Å². The number of ether oxygens (including phenoxy) is 3. The average molecular weight is 419 g/mol. The van der Waals surface area contributed by atoms with E-state index in [1.807, 2.05) is 12.1 Å². The van der Waals surface area contributed by atoms with Crippen molar-refractivity contribution in [2.45, 2.75) is 4.90 Å². The molecule has 0 aliphatic carbocycles. The summed E-state index contributed by atoms with van der Waals surface area (Å²) in [6, 6.07) is 12.5. The van der Waals surface area contributed by atoms with Gasteiger partial charge in [0.25, 0.3) is 5.91 Å². The van der Waals surface area contributed by atoms with Gasteiger partial charge in [-0.1, -0.05) is 12.1 Å². The lowest BCUT2D eigenvalue weighted by atomic mass is 10.2. The lowest BCUT2D eigenvalue weighted by molar-refractivity contribution is -0.118. The van der Waals surface area contributed by atoms with Gasteiger partial charge in [0.2, 0.25) is 5.91 Å².